The number of hydrogen-bond acceptors (Lipinski definition) is 6. The number of nitrogens with zero attached hydrogens (tertiary/aromatic N) is 1. The molecule has 2 aromatic heterocycles. The lowest BCUT2D eigenvalue weighted by atomic mass is 10.1. The molecule has 1 unspecified atom stereocenters. The Hall–Kier alpha value is -2.16. The Balaban J connectivity index is 1.42. The van der Waals surface area contributed by atoms with Gasteiger partial charge in [-0.15, -0.1) is 0 Å². The number of ether oxygens (including phenoxy) is 1. The summed E-state index contributed by atoms with van der Waals surface area (Å²) in [6, 6.07) is 5.71. The standard InChI is InChI=1S/C20H27N3O4S/c1-15-4-5-18(27-15)17(23-8-10-26-11-9-23)13-22-19(24)3-2-7-21-20(25)16-6-12-28-14-16/h4-6,12,14,17H,2-3,7-11,13H2,1H3,(H,21,25)(H,22,24). The molecule has 0 radical (unpaired) electrons. The van der Waals surface area contributed by atoms with Crippen molar-refractivity contribution in [3.05, 3.63) is 46.0 Å². The molecule has 0 spiro atoms. The zero-order chi connectivity index (χ0) is 19.8. The summed E-state index contributed by atoms with van der Waals surface area (Å²) in [5, 5.41) is 9.53. The number of morpholine rings is 1. The molecule has 0 bridgehead atoms. The highest BCUT2D eigenvalue weighted by Crippen LogP contribution is 2.23. The van der Waals surface area contributed by atoms with Crippen LogP contribution in [-0.2, 0) is 9.53 Å². The molecule has 1 aliphatic rings. The minimum Gasteiger partial charge on any atom is -0.465 e. The van der Waals surface area contributed by atoms with Crippen LogP contribution in [-0.4, -0.2) is 56.1 Å². The first-order valence-electron chi connectivity index (χ1n) is 9.58. The molecule has 28 heavy (non-hydrogen) atoms. The highest BCUT2D eigenvalue weighted by atomic mass is 32.1. The zero-order valence-electron chi connectivity index (χ0n) is 16.1. The van der Waals surface area contributed by atoms with Crippen molar-refractivity contribution in [3.63, 3.8) is 0 Å². The Morgan fingerprint density at radius 1 is 1.21 bits per heavy atom. The van der Waals surface area contributed by atoms with Crippen molar-refractivity contribution in [1.29, 1.82) is 0 Å². The van der Waals surface area contributed by atoms with Gasteiger partial charge in [0, 0.05) is 43.5 Å². The summed E-state index contributed by atoms with van der Waals surface area (Å²) in [5.41, 5.74) is 0.663. The minimum absolute atomic E-state index is 0.000145. The molecule has 8 heteroatoms. The topological polar surface area (TPSA) is 83.8 Å². The van der Waals surface area contributed by atoms with Crippen molar-refractivity contribution in [3.8, 4) is 0 Å². The Kier molecular flexibility index (Phi) is 7.64. The lowest BCUT2D eigenvalue weighted by Gasteiger charge is -2.33. The quantitative estimate of drug-likeness (QED) is 0.626. The fourth-order valence-corrected chi connectivity index (χ4v) is 3.81. The molecule has 1 atom stereocenters. The van der Waals surface area contributed by atoms with Crippen LogP contribution in [0.25, 0.3) is 0 Å². The number of carbonyl (C=O) groups excluding carboxylic acids is 2. The summed E-state index contributed by atoms with van der Waals surface area (Å²) in [4.78, 5) is 26.4. The number of rotatable bonds is 9. The van der Waals surface area contributed by atoms with Crippen molar-refractivity contribution in [2.75, 3.05) is 39.4 Å². The van der Waals surface area contributed by atoms with Gasteiger partial charge in [-0.2, -0.15) is 11.3 Å². The number of aryl methyl sites for hydroxylation is 1. The van der Waals surface area contributed by atoms with Crippen LogP contribution in [0.4, 0.5) is 0 Å². The SMILES string of the molecule is Cc1ccc(C(CNC(=O)CCCNC(=O)c2ccsc2)N2CCOCC2)o1. The van der Waals surface area contributed by atoms with Crippen molar-refractivity contribution < 1.29 is 18.7 Å². The molecule has 2 aromatic rings. The molecule has 2 amide bonds. The van der Waals surface area contributed by atoms with Gasteiger partial charge in [0.15, 0.2) is 0 Å². The Morgan fingerprint density at radius 3 is 2.71 bits per heavy atom. The van der Waals surface area contributed by atoms with E-state index in [2.05, 4.69) is 15.5 Å². The molecule has 1 fully saturated rings. The molecule has 0 aliphatic carbocycles. The second kappa shape index (κ2) is 10.4. The van der Waals surface area contributed by atoms with Gasteiger partial charge < -0.3 is 19.8 Å². The number of amides is 2. The molecule has 3 rings (SSSR count). The van der Waals surface area contributed by atoms with Crippen LogP contribution in [0.1, 0.15) is 40.8 Å². The highest BCUT2D eigenvalue weighted by Gasteiger charge is 2.25. The van der Waals surface area contributed by atoms with Gasteiger partial charge in [0.25, 0.3) is 5.91 Å². The Morgan fingerprint density at radius 2 is 2.04 bits per heavy atom. The molecule has 1 aliphatic heterocycles. The van der Waals surface area contributed by atoms with E-state index in [4.69, 9.17) is 9.15 Å². The van der Waals surface area contributed by atoms with Gasteiger partial charge in [-0.25, -0.2) is 0 Å². The molecular weight excluding hydrogens is 378 g/mol. The lowest BCUT2D eigenvalue weighted by Crippen LogP contribution is -2.43. The van der Waals surface area contributed by atoms with E-state index < -0.39 is 0 Å². The molecule has 1 saturated heterocycles. The summed E-state index contributed by atoms with van der Waals surface area (Å²) in [7, 11) is 0. The first kappa shape index (κ1) is 20.6. The predicted octanol–water partition coefficient (Wildman–Crippen LogP) is 2.35. The molecular formula is C20H27N3O4S. The van der Waals surface area contributed by atoms with Crippen LogP contribution < -0.4 is 10.6 Å². The monoisotopic (exact) mass is 405 g/mol. The normalized spacial score (nSPS) is 15.9. The first-order valence-corrected chi connectivity index (χ1v) is 10.5. The van der Waals surface area contributed by atoms with Gasteiger partial charge in [-0.3, -0.25) is 14.5 Å². The number of furan rings is 1. The van der Waals surface area contributed by atoms with Crippen LogP contribution >= 0.6 is 11.3 Å². The van der Waals surface area contributed by atoms with E-state index >= 15 is 0 Å². The summed E-state index contributed by atoms with van der Waals surface area (Å²) in [6.07, 6.45) is 0.973. The Labute approximate surface area is 169 Å². The molecule has 0 aromatic carbocycles. The van der Waals surface area contributed by atoms with Crippen molar-refractivity contribution in [2.45, 2.75) is 25.8 Å². The van der Waals surface area contributed by atoms with Crippen LogP contribution in [0, 0.1) is 6.92 Å². The maximum Gasteiger partial charge on any atom is 0.252 e. The smallest absolute Gasteiger partial charge is 0.252 e. The van der Waals surface area contributed by atoms with E-state index in [0.29, 0.717) is 44.7 Å². The van der Waals surface area contributed by atoms with Crippen LogP contribution in [0.2, 0.25) is 0 Å². The fourth-order valence-electron chi connectivity index (χ4n) is 3.18. The van der Waals surface area contributed by atoms with Gasteiger partial charge in [0.1, 0.15) is 11.5 Å². The third kappa shape index (κ3) is 5.92. The summed E-state index contributed by atoms with van der Waals surface area (Å²) < 4.78 is 11.2. The van der Waals surface area contributed by atoms with E-state index in [1.54, 1.807) is 6.07 Å². The third-order valence-corrected chi connectivity index (χ3v) is 5.40. The third-order valence-electron chi connectivity index (χ3n) is 4.72. The number of hydrogen-bond donors (Lipinski definition) is 2. The van der Waals surface area contributed by atoms with Crippen molar-refractivity contribution in [2.24, 2.45) is 0 Å². The van der Waals surface area contributed by atoms with Gasteiger partial charge in [-0.1, -0.05) is 0 Å². The molecule has 2 N–H and O–H groups in total. The van der Waals surface area contributed by atoms with Crippen LogP contribution in [0.3, 0.4) is 0 Å². The van der Waals surface area contributed by atoms with Gasteiger partial charge in [-0.05, 0) is 36.9 Å². The van der Waals surface area contributed by atoms with E-state index in [1.165, 1.54) is 11.3 Å². The highest BCUT2D eigenvalue weighted by molar-refractivity contribution is 7.08. The molecule has 152 valence electrons. The predicted molar refractivity (Wildman–Crippen MR) is 107 cm³/mol. The largest absolute Gasteiger partial charge is 0.465 e. The van der Waals surface area contributed by atoms with E-state index in [0.717, 1.165) is 24.6 Å². The van der Waals surface area contributed by atoms with E-state index in [1.807, 2.05) is 29.8 Å². The molecule has 7 nitrogen and oxygen atoms in total. The van der Waals surface area contributed by atoms with Gasteiger partial charge in [0.2, 0.25) is 5.91 Å². The maximum absolute atomic E-state index is 12.2. The van der Waals surface area contributed by atoms with Gasteiger partial charge in [0.05, 0.1) is 19.3 Å². The summed E-state index contributed by atoms with van der Waals surface area (Å²) in [5.74, 6) is 1.61. The number of thiophene rings is 1. The minimum atomic E-state index is -0.0952. The zero-order valence-corrected chi connectivity index (χ0v) is 16.9. The van der Waals surface area contributed by atoms with Crippen molar-refractivity contribution in [1.82, 2.24) is 15.5 Å². The second-order valence-corrected chi connectivity index (χ2v) is 7.57. The van der Waals surface area contributed by atoms with Crippen LogP contribution in [0.5, 0.6) is 0 Å². The summed E-state index contributed by atoms with van der Waals surface area (Å²) >= 11 is 1.49. The van der Waals surface area contributed by atoms with Crippen LogP contribution in [0.15, 0.2) is 33.4 Å². The molecule has 3 heterocycles. The van der Waals surface area contributed by atoms with Crippen molar-refractivity contribution >= 4 is 23.2 Å². The number of nitrogens with one attached hydrogen (secondary N) is 2. The van der Waals surface area contributed by atoms with E-state index in [9.17, 15) is 9.59 Å². The molecule has 0 saturated carbocycles. The maximum atomic E-state index is 12.2. The van der Waals surface area contributed by atoms with Gasteiger partial charge >= 0.3 is 0 Å². The average molecular weight is 406 g/mol. The van der Waals surface area contributed by atoms with E-state index in [-0.39, 0.29) is 17.9 Å². The Bertz CT molecular complexity index is 753. The fraction of sp³-hybridized carbons (Fsp3) is 0.500. The average Bonchev–Trinajstić information content (AvgIpc) is 3.38. The lowest BCUT2D eigenvalue weighted by molar-refractivity contribution is -0.121. The first-order chi connectivity index (χ1) is 13.6. The summed E-state index contributed by atoms with van der Waals surface area (Å²) in [6.45, 7) is 5.90. The second-order valence-electron chi connectivity index (χ2n) is 6.79. The number of carbonyl (C=O) groups is 2.